The SMILES string of the molecule is CNS(=O)(=O)c1ccc(N2CCCC2C(F)(F)F)c(Nc2ncnc3[nH]ccc23)c1. The predicted octanol–water partition coefficient (Wildman–Crippen LogP) is 3.14. The van der Waals surface area contributed by atoms with E-state index in [0.717, 1.165) is 0 Å². The van der Waals surface area contributed by atoms with Crippen LogP contribution < -0.4 is 14.9 Å². The molecule has 1 aliphatic heterocycles. The molecular weight excluding hydrogens is 421 g/mol. The van der Waals surface area contributed by atoms with Crippen molar-refractivity contribution in [2.75, 3.05) is 23.8 Å². The summed E-state index contributed by atoms with van der Waals surface area (Å²) in [6, 6.07) is 4.09. The molecule has 3 heterocycles. The molecule has 1 aliphatic rings. The smallest absolute Gasteiger partial charge is 0.358 e. The van der Waals surface area contributed by atoms with Gasteiger partial charge in [0.05, 0.1) is 21.7 Å². The number of hydrogen-bond acceptors (Lipinski definition) is 6. The highest BCUT2D eigenvalue weighted by Crippen LogP contribution is 2.40. The van der Waals surface area contributed by atoms with Gasteiger partial charge in [-0.25, -0.2) is 23.1 Å². The summed E-state index contributed by atoms with van der Waals surface area (Å²) in [5, 5.41) is 3.64. The van der Waals surface area contributed by atoms with E-state index in [1.54, 1.807) is 12.3 Å². The molecule has 1 fully saturated rings. The maximum absolute atomic E-state index is 13.6. The highest BCUT2D eigenvalue weighted by Gasteiger charge is 2.46. The van der Waals surface area contributed by atoms with Crippen LogP contribution in [0.3, 0.4) is 0 Å². The molecule has 3 aromatic rings. The molecule has 12 heteroatoms. The number of rotatable bonds is 5. The minimum Gasteiger partial charge on any atom is -0.358 e. The fraction of sp³-hybridized carbons (Fsp3) is 0.333. The summed E-state index contributed by atoms with van der Waals surface area (Å²) < 4.78 is 67.4. The van der Waals surface area contributed by atoms with Crippen molar-refractivity contribution in [1.82, 2.24) is 19.7 Å². The molecule has 30 heavy (non-hydrogen) atoms. The van der Waals surface area contributed by atoms with Gasteiger partial charge in [0.1, 0.15) is 23.8 Å². The summed E-state index contributed by atoms with van der Waals surface area (Å²) in [6.07, 6.45) is -1.06. The lowest BCUT2D eigenvalue weighted by molar-refractivity contribution is -0.145. The zero-order chi connectivity index (χ0) is 21.5. The van der Waals surface area contributed by atoms with E-state index in [9.17, 15) is 21.6 Å². The second kappa shape index (κ2) is 7.43. The lowest BCUT2D eigenvalue weighted by atomic mass is 10.2. The Labute approximate surface area is 170 Å². The molecule has 1 atom stereocenters. The van der Waals surface area contributed by atoms with Crippen LogP contribution in [0, 0.1) is 0 Å². The molecule has 0 spiro atoms. The first-order valence-corrected chi connectivity index (χ1v) is 10.6. The topological polar surface area (TPSA) is 103 Å². The van der Waals surface area contributed by atoms with E-state index in [-0.39, 0.29) is 29.2 Å². The van der Waals surface area contributed by atoms with Gasteiger partial charge in [0, 0.05) is 12.7 Å². The van der Waals surface area contributed by atoms with E-state index in [0.29, 0.717) is 23.3 Å². The number of nitrogens with zero attached hydrogens (tertiary/aromatic N) is 3. The van der Waals surface area contributed by atoms with Gasteiger partial charge in [0.15, 0.2) is 0 Å². The van der Waals surface area contributed by atoms with Crippen molar-refractivity contribution < 1.29 is 21.6 Å². The van der Waals surface area contributed by atoms with Gasteiger partial charge in [-0.05, 0) is 44.2 Å². The van der Waals surface area contributed by atoms with Crippen LogP contribution >= 0.6 is 0 Å². The molecule has 0 saturated carbocycles. The van der Waals surface area contributed by atoms with Gasteiger partial charge in [-0.3, -0.25) is 0 Å². The molecule has 3 N–H and O–H groups in total. The summed E-state index contributed by atoms with van der Waals surface area (Å²) in [6.45, 7) is 0.209. The Balaban J connectivity index is 1.83. The molecule has 8 nitrogen and oxygen atoms in total. The average molecular weight is 440 g/mol. The Bertz CT molecular complexity index is 1180. The van der Waals surface area contributed by atoms with E-state index in [1.807, 2.05) is 0 Å². The monoisotopic (exact) mass is 440 g/mol. The normalized spacial score (nSPS) is 17.6. The van der Waals surface area contributed by atoms with E-state index in [2.05, 4.69) is 25.0 Å². The van der Waals surface area contributed by atoms with Gasteiger partial charge in [-0.1, -0.05) is 0 Å². The maximum Gasteiger partial charge on any atom is 0.408 e. The van der Waals surface area contributed by atoms with Crippen molar-refractivity contribution >= 4 is 38.2 Å². The number of H-pyrrole nitrogens is 1. The van der Waals surface area contributed by atoms with E-state index < -0.39 is 22.2 Å². The third-order valence-electron chi connectivity index (χ3n) is 5.09. The van der Waals surface area contributed by atoms with Crippen molar-refractivity contribution in [2.24, 2.45) is 0 Å². The number of sulfonamides is 1. The van der Waals surface area contributed by atoms with Gasteiger partial charge >= 0.3 is 6.18 Å². The van der Waals surface area contributed by atoms with Crippen LogP contribution in [0.5, 0.6) is 0 Å². The molecule has 0 radical (unpaired) electrons. The molecule has 1 aromatic carbocycles. The van der Waals surface area contributed by atoms with Gasteiger partial charge in [0.2, 0.25) is 10.0 Å². The summed E-state index contributed by atoms with van der Waals surface area (Å²) in [5.74, 6) is 0.351. The predicted molar refractivity (Wildman–Crippen MR) is 106 cm³/mol. The minimum absolute atomic E-state index is 0.0188. The lowest BCUT2D eigenvalue weighted by Crippen LogP contribution is -2.41. The van der Waals surface area contributed by atoms with E-state index >= 15 is 0 Å². The van der Waals surface area contributed by atoms with E-state index in [1.165, 1.54) is 36.5 Å². The molecule has 0 bridgehead atoms. The number of hydrogen-bond donors (Lipinski definition) is 3. The molecule has 1 unspecified atom stereocenters. The molecule has 1 saturated heterocycles. The maximum atomic E-state index is 13.6. The Kier molecular flexibility index (Phi) is 5.06. The van der Waals surface area contributed by atoms with Crippen LogP contribution in [0.15, 0.2) is 41.7 Å². The zero-order valence-corrected chi connectivity index (χ0v) is 16.7. The first-order valence-electron chi connectivity index (χ1n) is 9.17. The van der Waals surface area contributed by atoms with Gasteiger partial charge < -0.3 is 15.2 Å². The summed E-state index contributed by atoms with van der Waals surface area (Å²) in [7, 11) is -2.53. The number of nitrogens with one attached hydrogen (secondary N) is 3. The van der Waals surface area contributed by atoms with Crippen molar-refractivity contribution in [3.63, 3.8) is 0 Å². The van der Waals surface area contributed by atoms with Crippen molar-refractivity contribution in [3.05, 3.63) is 36.8 Å². The molecule has 0 aliphatic carbocycles. The molecule has 4 rings (SSSR count). The Hall–Kier alpha value is -2.86. The van der Waals surface area contributed by atoms with Crippen LogP contribution in [0.4, 0.5) is 30.4 Å². The second-order valence-electron chi connectivity index (χ2n) is 6.87. The number of aromatic nitrogens is 3. The Morgan fingerprint density at radius 2 is 2.03 bits per heavy atom. The minimum atomic E-state index is -4.40. The standard InChI is InChI=1S/C18H19F3N6O2S/c1-22-30(28,29)11-4-5-14(27-8-2-3-15(27)18(19,20)21)13(9-11)26-17-12-6-7-23-16(12)24-10-25-17/h4-7,9-10,15,22H,2-3,8H2,1H3,(H2,23,24,25,26). The fourth-order valence-corrected chi connectivity index (χ4v) is 4.40. The zero-order valence-electron chi connectivity index (χ0n) is 15.9. The number of benzene rings is 1. The molecule has 2 aromatic heterocycles. The Morgan fingerprint density at radius 3 is 2.77 bits per heavy atom. The number of halogens is 3. The van der Waals surface area contributed by atoms with Crippen LogP contribution in [-0.2, 0) is 10.0 Å². The third kappa shape index (κ3) is 3.67. The Morgan fingerprint density at radius 1 is 1.23 bits per heavy atom. The highest BCUT2D eigenvalue weighted by molar-refractivity contribution is 7.89. The van der Waals surface area contributed by atoms with Crippen molar-refractivity contribution in [3.8, 4) is 0 Å². The highest BCUT2D eigenvalue weighted by atomic mass is 32.2. The lowest BCUT2D eigenvalue weighted by Gasteiger charge is -2.30. The second-order valence-corrected chi connectivity index (χ2v) is 8.75. The van der Waals surface area contributed by atoms with Gasteiger partial charge in [-0.15, -0.1) is 0 Å². The van der Waals surface area contributed by atoms with Gasteiger partial charge in [0.25, 0.3) is 0 Å². The van der Waals surface area contributed by atoms with Crippen LogP contribution in [0.2, 0.25) is 0 Å². The first-order chi connectivity index (χ1) is 14.2. The summed E-state index contributed by atoms with van der Waals surface area (Å²) in [4.78, 5) is 12.4. The van der Waals surface area contributed by atoms with Crippen molar-refractivity contribution in [2.45, 2.75) is 30.0 Å². The number of alkyl halides is 3. The van der Waals surface area contributed by atoms with Crippen LogP contribution in [0.1, 0.15) is 12.8 Å². The molecule has 0 amide bonds. The van der Waals surface area contributed by atoms with E-state index in [4.69, 9.17) is 0 Å². The quantitative estimate of drug-likeness (QED) is 0.563. The number of aromatic amines is 1. The summed E-state index contributed by atoms with van der Waals surface area (Å²) >= 11 is 0. The average Bonchev–Trinajstić information content (AvgIpc) is 3.37. The van der Waals surface area contributed by atoms with Gasteiger partial charge in [-0.2, -0.15) is 13.2 Å². The third-order valence-corrected chi connectivity index (χ3v) is 6.51. The van der Waals surface area contributed by atoms with Crippen LogP contribution in [-0.4, -0.2) is 49.2 Å². The van der Waals surface area contributed by atoms with Crippen LogP contribution in [0.25, 0.3) is 11.0 Å². The molecular formula is C18H19F3N6O2S. The largest absolute Gasteiger partial charge is 0.408 e. The number of fused-ring (bicyclic) bond motifs is 1. The first kappa shape index (κ1) is 20.4. The van der Waals surface area contributed by atoms with Crippen molar-refractivity contribution in [1.29, 1.82) is 0 Å². The fourth-order valence-electron chi connectivity index (χ4n) is 3.65. The number of anilines is 3. The molecule has 160 valence electrons. The summed E-state index contributed by atoms with van der Waals surface area (Å²) in [5.41, 5.74) is 1.01.